The second-order valence-corrected chi connectivity index (χ2v) is 6.36. The van der Waals surface area contributed by atoms with E-state index in [9.17, 15) is 21.6 Å². The Bertz CT molecular complexity index is 729. The molecule has 0 radical (unpaired) electrons. The molecular weight excluding hydrogens is 317 g/mol. The molecule has 0 spiro atoms. The van der Waals surface area contributed by atoms with Crippen molar-refractivity contribution in [1.82, 2.24) is 9.71 Å². The number of nitrogens with zero attached hydrogens (tertiary/aromatic N) is 1. The van der Waals surface area contributed by atoms with E-state index in [-0.39, 0.29) is 4.90 Å². The molecule has 118 valence electrons. The van der Waals surface area contributed by atoms with Crippen LogP contribution in [0.2, 0.25) is 0 Å². The lowest BCUT2D eigenvalue weighted by Gasteiger charge is -2.15. The van der Waals surface area contributed by atoms with Crippen LogP contribution in [0, 0.1) is 0 Å². The van der Waals surface area contributed by atoms with Crippen LogP contribution in [-0.4, -0.2) is 13.4 Å². The quantitative estimate of drug-likeness (QED) is 0.937. The first-order valence-electron chi connectivity index (χ1n) is 6.30. The van der Waals surface area contributed by atoms with Crippen LogP contribution in [0.3, 0.4) is 0 Å². The van der Waals surface area contributed by atoms with Crippen LogP contribution in [0.4, 0.5) is 13.2 Å². The van der Waals surface area contributed by atoms with Gasteiger partial charge in [0.15, 0.2) is 0 Å². The van der Waals surface area contributed by atoms with Crippen molar-refractivity contribution in [1.29, 1.82) is 0 Å². The van der Waals surface area contributed by atoms with Gasteiger partial charge in [-0.15, -0.1) is 0 Å². The minimum atomic E-state index is -4.50. The van der Waals surface area contributed by atoms with Gasteiger partial charge in [-0.3, -0.25) is 4.98 Å². The van der Waals surface area contributed by atoms with E-state index >= 15 is 0 Å². The Hall–Kier alpha value is -1.93. The van der Waals surface area contributed by atoms with Gasteiger partial charge in [-0.05, 0) is 48.9 Å². The fourth-order valence-corrected chi connectivity index (χ4v) is 3.08. The summed E-state index contributed by atoms with van der Waals surface area (Å²) in [4.78, 5) is 3.61. The van der Waals surface area contributed by atoms with Crippen LogP contribution >= 0.6 is 0 Å². The number of pyridine rings is 1. The molecule has 2 aromatic rings. The molecule has 22 heavy (non-hydrogen) atoms. The van der Waals surface area contributed by atoms with Gasteiger partial charge in [0, 0.05) is 18.4 Å². The topological polar surface area (TPSA) is 59.1 Å². The zero-order valence-corrected chi connectivity index (χ0v) is 12.3. The van der Waals surface area contributed by atoms with Crippen LogP contribution < -0.4 is 4.72 Å². The molecule has 0 bridgehead atoms. The van der Waals surface area contributed by atoms with Gasteiger partial charge in [0.05, 0.1) is 10.5 Å². The van der Waals surface area contributed by atoms with Gasteiger partial charge in [0.25, 0.3) is 0 Å². The molecular formula is C14H13F3N2O2S. The Balaban J connectivity index is 2.20. The average Bonchev–Trinajstić information content (AvgIpc) is 2.47. The van der Waals surface area contributed by atoms with Gasteiger partial charge in [0.1, 0.15) is 0 Å². The Kier molecular flexibility index (Phi) is 4.52. The second kappa shape index (κ2) is 6.05. The maximum atomic E-state index is 12.5. The van der Waals surface area contributed by atoms with E-state index in [1.54, 1.807) is 19.1 Å². The molecule has 1 N–H and O–H groups in total. The second-order valence-electron chi connectivity index (χ2n) is 4.65. The molecule has 0 aliphatic carbocycles. The molecule has 1 aromatic carbocycles. The largest absolute Gasteiger partial charge is 0.416 e. The highest BCUT2D eigenvalue weighted by Gasteiger charge is 2.30. The summed E-state index contributed by atoms with van der Waals surface area (Å²) >= 11 is 0. The first-order valence-corrected chi connectivity index (χ1v) is 7.78. The van der Waals surface area contributed by atoms with E-state index in [1.165, 1.54) is 12.4 Å². The highest BCUT2D eigenvalue weighted by Crippen LogP contribution is 2.29. The maximum Gasteiger partial charge on any atom is 0.416 e. The molecule has 0 saturated heterocycles. The summed E-state index contributed by atoms with van der Waals surface area (Å²) in [5, 5.41) is 0. The van der Waals surface area contributed by atoms with E-state index in [4.69, 9.17) is 0 Å². The molecule has 4 nitrogen and oxygen atoms in total. The third kappa shape index (κ3) is 3.83. The van der Waals surface area contributed by atoms with Gasteiger partial charge in [0.2, 0.25) is 10.0 Å². The predicted octanol–water partition coefficient (Wildman–Crippen LogP) is 3.14. The van der Waals surface area contributed by atoms with Crippen molar-refractivity contribution in [2.75, 3.05) is 0 Å². The molecule has 0 fully saturated rings. The van der Waals surface area contributed by atoms with Crippen molar-refractivity contribution < 1.29 is 21.6 Å². The highest BCUT2D eigenvalue weighted by molar-refractivity contribution is 7.89. The van der Waals surface area contributed by atoms with Gasteiger partial charge < -0.3 is 0 Å². The molecule has 2 rings (SSSR count). The number of aromatic nitrogens is 1. The van der Waals surface area contributed by atoms with Crippen molar-refractivity contribution in [3.63, 3.8) is 0 Å². The third-order valence-corrected chi connectivity index (χ3v) is 4.59. The monoisotopic (exact) mass is 330 g/mol. The summed E-state index contributed by atoms with van der Waals surface area (Å²) in [6, 6.07) is 6.13. The van der Waals surface area contributed by atoms with Crippen LogP contribution in [0.15, 0.2) is 53.7 Å². The Labute approximate surface area is 126 Å². The Morgan fingerprint density at radius 3 is 2.09 bits per heavy atom. The van der Waals surface area contributed by atoms with E-state index in [0.29, 0.717) is 5.56 Å². The van der Waals surface area contributed by atoms with Gasteiger partial charge in [-0.2, -0.15) is 13.2 Å². The van der Waals surface area contributed by atoms with E-state index in [2.05, 4.69) is 9.71 Å². The van der Waals surface area contributed by atoms with Crippen molar-refractivity contribution in [2.45, 2.75) is 24.0 Å². The number of hydrogen-bond acceptors (Lipinski definition) is 3. The summed E-state index contributed by atoms with van der Waals surface area (Å²) in [7, 11) is -3.91. The molecule has 0 amide bonds. The van der Waals surface area contributed by atoms with Crippen LogP contribution in [0.1, 0.15) is 24.1 Å². The summed E-state index contributed by atoms with van der Waals surface area (Å²) in [5.74, 6) is 0. The van der Waals surface area contributed by atoms with Crippen LogP contribution in [0.25, 0.3) is 0 Å². The fraction of sp³-hybridized carbons (Fsp3) is 0.214. The normalized spacial score (nSPS) is 13.8. The minimum Gasteiger partial charge on any atom is -0.265 e. The molecule has 1 heterocycles. The molecule has 0 aliphatic heterocycles. The third-order valence-electron chi connectivity index (χ3n) is 3.03. The SMILES string of the molecule is C[C@@H](NS(=O)(=O)c1ccc(C(F)(F)F)cc1)c1ccncc1. The highest BCUT2D eigenvalue weighted by atomic mass is 32.2. The Morgan fingerprint density at radius 1 is 1.05 bits per heavy atom. The number of benzene rings is 1. The van der Waals surface area contributed by atoms with E-state index in [1.807, 2.05) is 0 Å². The van der Waals surface area contributed by atoms with Gasteiger partial charge in [-0.1, -0.05) is 0 Å². The minimum absolute atomic E-state index is 0.221. The summed E-state index contributed by atoms with van der Waals surface area (Å²) in [5.41, 5.74) is -0.195. The van der Waals surface area contributed by atoms with Gasteiger partial charge >= 0.3 is 6.18 Å². The van der Waals surface area contributed by atoms with Gasteiger partial charge in [-0.25, -0.2) is 13.1 Å². The summed E-state index contributed by atoms with van der Waals surface area (Å²) in [6.45, 7) is 1.64. The number of halogens is 3. The lowest BCUT2D eigenvalue weighted by atomic mass is 10.1. The summed E-state index contributed by atoms with van der Waals surface area (Å²) in [6.07, 6.45) is -1.45. The zero-order chi connectivity index (χ0) is 16.4. The molecule has 1 atom stereocenters. The first-order chi connectivity index (χ1) is 10.2. The van der Waals surface area contributed by atoms with E-state index < -0.39 is 27.8 Å². The Morgan fingerprint density at radius 2 is 1.59 bits per heavy atom. The molecule has 0 aliphatic rings. The predicted molar refractivity (Wildman–Crippen MR) is 74.4 cm³/mol. The lowest BCUT2D eigenvalue weighted by Crippen LogP contribution is -2.27. The van der Waals surface area contributed by atoms with Crippen molar-refractivity contribution in [3.05, 3.63) is 59.9 Å². The van der Waals surface area contributed by atoms with Crippen molar-refractivity contribution in [3.8, 4) is 0 Å². The molecule has 1 aromatic heterocycles. The maximum absolute atomic E-state index is 12.5. The average molecular weight is 330 g/mol. The first kappa shape index (κ1) is 16.4. The number of alkyl halides is 3. The molecule has 0 saturated carbocycles. The standard InChI is InChI=1S/C14H13F3N2O2S/c1-10(11-6-8-18-9-7-11)19-22(20,21)13-4-2-12(3-5-13)14(15,16)17/h2-10,19H,1H3/t10-/m1/s1. The smallest absolute Gasteiger partial charge is 0.265 e. The summed E-state index contributed by atoms with van der Waals surface area (Å²) < 4.78 is 64.2. The fourth-order valence-electron chi connectivity index (χ4n) is 1.84. The van der Waals surface area contributed by atoms with Crippen LogP contribution in [0.5, 0.6) is 0 Å². The lowest BCUT2D eigenvalue weighted by molar-refractivity contribution is -0.137. The van der Waals surface area contributed by atoms with Crippen molar-refractivity contribution in [2.24, 2.45) is 0 Å². The van der Waals surface area contributed by atoms with E-state index in [0.717, 1.165) is 24.3 Å². The zero-order valence-electron chi connectivity index (χ0n) is 11.5. The van der Waals surface area contributed by atoms with Crippen molar-refractivity contribution >= 4 is 10.0 Å². The van der Waals surface area contributed by atoms with Crippen LogP contribution in [-0.2, 0) is 16.2 Å². The number of hydrogen-bond donors (Lipinski definition) is 1. The molecule has 0 unspecified atom stereocenters. The number of sulfonamides is 1. The number of nitrogens with one attached hydrogen (secondary N) is 1. The number of rotatable bonds is 4. The molecule has 8 heteroatoms.